The highest BCUT2D eigenvalue weighted by atomic mass is 32.1. The van der Waals surface area contributed by atoms with Gasteiger partial charge in [0.05, 0.1) is 11.6 Å². The Bertz CT molecular complexity index is 355. The lowest BCUT2D eigenvalue weighted by Crippen LogP contribution is -2.48. The van der Waals surface area contributed by atoms with Crippen LogP contribution < -0.4 is 5.32 Å². The molecule has 0 amide bonds. The molecule has 0 radical (unpaired) electrons. The minimum absolute atomic E-state index is 0.00211. The van der Waals surface area contributed by atoms with Crippen LogP contribution in [0.3, 0.4) is 0 Å². The van der Waals surface area contributed by atoms with E-state index in [0.717, 1.165) is 19.1 Å². The standard InChI is InChI=1S/C16H27NOS/c1-4-17-15(14-7-6-12-19-14)16(18-5-2)10-8-13(3)9-11-16/h6-7,12-13,15,17H,4-5,8-11H2,1-3H3. The van der Waals surface area contributed by atoms with Gasteiger partial charge in [-0.25, -0.2) is 0 Å². The second kappa shape index (κ2) is 6.87. The van der Waals surface area contributed by atoms with Gasteiger partial charge in [-0.05, 0) is 56.5 Å². The molecule has 0 bridgehead atoms. The highest BCUT2D eigenvalue weighted by molar-refractivity contribution is 7.10. The van der Waals surface area contributed by atoms with Gasteiger partial charge in [0.25, 0.3) is 0 Å². The van der Waals surface area contributed by atoms with Crippen LogP contribution in [0.15, 0.2) is 17.5 Å². The van der Waals surface area contributed by atoms with Crippen molar-refractivity contribution < 1.29 is 4.74 Å². The molecule has 1 heterocycles. The van der Waals surface area contributed by atoms with E-state index in [0.29, 0.717) is 6.04 Å². The Balaban J connectivity index is 2.23. The molecule has 1 aromatic rings. The number of hydrogen-bond acceptors (Lipinski definition) is 3. The summed E-state index contributed by atoms with van der Waals surface area (Å²) in [5.41, 5.74) is 0.00211. The first-order valence-electron chi connectivity index (χ1n) is 7.62. The normalized spacial score (nSPS) is 29.3. The van der Waals surface area contributed by atoms with Crippen molar-refractivity contribution in [3.05, 3.63) is 22.4 Å². The molecular weight excluding hydrogens is 254 g/mol. The quantitative estimate of drug-likeness (QED) is 0.835. The molecule has 108 valence electrons. The Morgan fingerprint density at radius 3 is 2.68 bits per heavy atom. The summed E-state index contributed by atoms with van der Waals surface area (Å²) in [7, 11) is 0. The second-order valence-electron chi connectivity index (χ2n) is 5.69. The molecular formula is C16H27NOS. The van der Waals surface area contributed by atoms with Gasteiger partial charge in [-0.3, -0.25) is 0 Å². The van der Waals surface area contributed by atoms with Crippen molar-refractivity contribution in [2.24, 2.45) is 5.92 Å². The zero-order valence-corrected chi connectivity index (χ0v) is 13.3. The van der Waals surface area contributed by atoms with Crippen molar-refractivity contribution in [2.45, 2.75) is 58.1 Å². The Hall–Kier alpha value is -0.380. The van der Waals surface area contributed by atoms with E-state index in [-0.39, 0.29) is 5.60 Å². The predicted octanol–water partition coefficient (Wildman–Crippen LogP) is 4.38. The van der Waals surface area contributed by atoms with E-state index in [2.05, 4.69) is 43.6 Å². The van der Waals surface area contributed by atoms with Gasteiger partial charge in [0.2, 0.25) is 0 Å². The maximum atomic E-state index is 6.30. The van der Waals surface area contributed by atoms with E-state index in [4.69, 9.17) is 4.74 Å². The number of ether oxygens (including phenoxy) is 1. The number of thiophene rings is 1. The maximum Gasteiger partial charge on any atom is 0.0884 e. The van der Waals surface area contributed by atoms with Gasteiger partial charge in [-0.1, -0.05) is 19.9 Å². The third-order valence-corrected chi connectivity index (χ3v) is 5.25. The fourth-order valence-corrected chi connectivity index (χ4v) is 4.17. The van der Waals surface area contributed by atoms with E-state index < -0.39 is 0 Å². The summed E-state index contributed by atoms with van der Waals surface area (Å²) in [4.78, 5) is 1.42. The molecule has 1 atom stereocenters. The highest BCUT2D eigenvalue weighted by Gasteiger charge is 2.42. The van der Waals surface area contributed by atoms with Crippen molar-refractivity contribution in [1.29, 1.82) is 0 Å². The van der Waals surface area contributed by atoms with Crippen molar-refractivity contribution in [2.75, 3.05) is 13.2 Å². The highest BCUT2D eigenvalue weighted by Crippen LogP contribution is 2.44. The Labute approximate surface area is 121 Å². The van der Waals surface area contributed by atoms with Crippen LogP contribution in [0.4, 0.5) is 0 Å². The molecule has 3 heteroatoms. The minimum Gasteiger partial charge on any atom is -0.373 e. The predicted molar refractivity (Wildman–Crippen MR) is 82.7 cm³/mol. The van der Waals surface area contributed by atoms with Crippen LogP contribution in [0.2, 0.25) is 0 Å². The van der Waals surface area contributed by atoms with Gasteiger partial charge >= 0.3 is 0 Å². The lowest BCUT2D eigenvalue weighted by molar-refractivity contribution is -0.0966. The molecule has 2 rings (SSSR count). The molecule has 1 aliphatic carbocycles. The first-order chi connectivity index (χ1) is 9.22. The van der Waals surface area contributed by atoms with Crippen LogP contribution in [0.25, 0.3) is 0 Å². The molecule has 0 spiro atoms. The third-order valence-electron chi connectivity index (χ3n) is 4.31. The molecule has 0 aliphatic heterocycles. The summed E-state index contributed by atoms with van der Waals surface area (Å²) in [6.45, 7) is 8.47. The monoisotopic (exact) mass is 281 g/mol. The zero-order valence-electron chi connectivity index (χ0n) is 12.4. The van der Waals surface area contributed by atoms with Gasteiger partial charge in [0.15, 0.2) is 0 Å². The molecule has 1 N–H and O–H groups in total. The molecule has 1 aliphatic rings. The van der Waals surface area contributed by atoms with Crippen LogP contribution in [0.5, 0.6) is 0 Å². The molecule has 19 heavy (non-hydrogen) atoms. The Morgan fingerprint density at radius 1 is 1.42 bits per heavy atom. The van der Waals surface area contributed by atoms with Crippen molar-refractivity contribution in [3.63, 3.8) is 0 Å². The summed E-state index contributed by atoms with van der Waals surface area (Å²) in [6.07, 6.45) is 4.93. The van der Waals surface area contributed by atoms with Gasteiger partial charge in [-0.2, -0.15) is 0 Å². The molecule has 1 aromatic heterocycles. The summed E-state index contributed by atoms with van der Waals surface area (Å²) < 4.78 is 6.30. The maximum absolute atomic E-state index is 6.30. The van der Waals surface area contributed by atoms with Crippen molar-refractivity contribution >= 4 is 11.3 Å². The van der Waals surface area contributed by atoms with E-state index in [9.17, 15) is 0 Å². The van der Waals surface area contributed by atoms with Gasteiger partial charge in [0.1, 0.15) is 0 Å². The molecule has 1 saturated carbocycles. The van der Waals surface area contributed by atoms with E-state index >= 15 is 0 Å². The third kappa shape index (κ3) is 3.39. The first-order valence-corrected chi connectivity index (χ1v) is 8.50. The van der Waals surface area contributed by atoms with Crippen LogP contribution >= 0.6 is 11.3 Å². The fraction of sp³-hybridized carbons (Fsp3) is 0.750. The van der Waals surface area contributed by atoms with Crippen LogP contribution in [0, 0.1) is 5.92 Å². The molecule has 1 fully saturated rings. The number of likely N-dealkylation sites (N-methyl/N-ethyl adjacent to an activating group) is 1. The van der Waals surface area contributed by atoms with Crippen LogP contribution in [0.1, 0.15) is 57.4 Å². The summed E-state index contributed by atoms with van der Waals surface area (Å²) >= 11 is 1.85. The SMILES string of the molecule is CCNC(c1cccs1)C1(OCC)CCC(C)CC1. The van der Waals surface area contributed by atoms with Gasteiger partial charge < -0.3 is 10.1 Å². The molecule has 0 saturated heterocycles. The second-order valence-corrected chi connectivity index (χ2v) is 6.67. The largest absolute Gasteiger partial charge is 0.373 e. The Morgan fingerprint density at radius 2 is 2.16 bits per heavy atom. The number of rotatable bonds is 6. The van der Waals surface area contributed by atoms with Gasteiger partial charge in [0, 0.05) is 11.5 Å². The van der Waals surface area contributed by atoms with E-state index in [1.807, 2.05) is 11.3 Å². The smallest absolute Gasteiger partial charge is 0.0884 e. The summed E-state index contributed by atoms with van der Waals surface area (Å²) in [5, 5.41) is 5.85. The van der Waals surface area contributed by atoms with Crippen molar-refractivity contribution in [3.8, 4) is 0 Å². The summed E-state index contributed by atoms with van der Waals surface area (Å²) in [5.74, 6) is 0.846. The zero-order chi connectivity index (χ0) is 13.7. The lowest BCUT2D eigenvalue weighted by atomic mass is 9.74. The Kier molecular flexibility index (Phi) is 5.43. The summed E-state index contributed by atoms with van der Waals surface area (Å²) in [6, 6.07) is 4.75. The van der Waals surface area contributed by atoms with Crippen molar-refractivity contribution in [1.82, 2.24) is 5.32 Å². The van der Waals surface area contributed by atoms with Crippen LogP contribution in [-0.2, 0) is 4.74 Å². The average Bonchev–Trinajstić information content (AvgIpc) is 2.93. The topological polar surface area (TPSA) is 21.3 Å². The average molecular weight is 281 g/mol. The number of hydrogen-bond donors (Lipinski definition) is 1. The molecule has 1 unspecified atom stereocenters. The minimum atomic E-state index is 0.00211. The fourth-order valence-electron chi connectivity index (χ4n) is 3.26. The van der Waals surface area contributed by atoms with E-state index in [1.165, 1.54) is 30.6 Å². The van der Waals surface area contributed by atoms with Gasteiger partial charge in [-0.15, -0.1) is 11.3 Å². The lowest BCUT2D eigenvalue weighted by Gasteiger charge is -2.44. The number of nitrogens with one attached hydrogen (secondary N) is 1. The van der Waals surface area contributed by atoms with Crippen LogP contribution in [-0.4, -0.2) is 18.8 Å². The first kappa shape index (κ1) is 15.0. The molecule has 0 aromatic carbocycles. The van der Waals surface area contributed by atoms with E-state index in [1.54, 1.807) is 0 Å². The molecule has 2 nitrogen and oxygen atoms in total.